The van der Waals surface area contributed by atoms with Gasteiger partial charge in [-0.1, -0.05) is 0 Å². The molecule has 0 amide bonds. The molecule has 0 radical (unpaired) electrons. The number of hydrogen-bond donors (Lipinski definition) is 1. The number of carbonyl (C=O) groups is 1. The molecule has 1 aromatic heterocycles. The third-order valence-corrected chi connectivity index (χ3v) is 2.63. The van der Waals surface area contributed by atoms with Crippen LogP contribution in [0.3, 0.4) is 0 Å². The fourth-order valence-electron chi connectivity index (χ4n) is 1.54. The Hall–Kier alpha value is -1.82. The van der Waals surface area contributed by atoms with Crippen LogP contribution in [0.2, 0.25) is 0 Å². The Morgan fingerprint density at radius 3 is 2.72 bits per heavy atom. The number of thiol groups is 1. The standard InChI is InChI=1S/C12H11FN2O2S/c1-2-17-11(16)10-7-14-12(18)15(10)9-5-3-8(13)4-6-9/h3-7H,2H2,1H3,(H,14,18). The topological polar surface area (TPSA) is 44.1 Å². The second-order valence-electron chi connectivity index (χ2n) is 3.48. The number of halogens is 1. The lowest BCUT2D eigenvalue weighted by atomic mass is 10.3. The summed E-state index contributed by atoms with van der Waals surface area (Å²) in [6.45, 7) is 1.99. The van der Waals surface area contributed by atoms with Crippen LogP contribution in [0.4, 0.5) is 4.39 Å². The maximum atomic E-state index is 12.9. The highest BCUT2D eigenvalue weighted by Crippen LogP contribution is 2.18. The first-order chi connectivity index (χ1) is 8.63. The van der Waals surface area contributed by atoms with Crippen LogP contribution in [0.15, 0.2) is 35.6 Å². The van der Waals surface area contributed by atoms with E-state index in [2.05, 4.69) is 17.6 Å². The minimum absolute atomic E-state index is 0.258. The second kappa shape index (κ2) is 5.22. The van der Waals surface area contributed by atoms with Crippen LogP contribution in [0.5, 0.6) is 0 Å². The van der Waals surface area contributed by atoms with E-state index < -0.39 is 5.97 Å². The van der Waals surface area contributed by atoms with Gasteiger partial charge in [-0.05, 0) is 31.2 Å². The number of esters is 1. The molecular weight excluding hydrogens is 255 g/mol. The summed E-state index contributed by atoms with van der Waals surface area (Å²) in [7, 11) is 0. The first-order valence-electron chi connectivity index (χ1n) is 5.33. The molecule has 0 aliphatic heterocycles. The maximum Gasteiger partial charge on any atom is 0.357 e. The summed E-state index contributed by atoms with van der Waals surface area (Å²) in [6, 6.07) is 5.69. The van der Waals surface area contributed by atoms with Crippen molar-refractivity contribution in [2.24, 2.45) is 0 Å². The van der Waals surface area contributed by atoms with Crippen molar-refractivity contribution in [2.75, 3.05) is 6.61 Å². The molecule has 18 heavy (non-hydrogen) atoms. The van der Waals surface area contributed by atoms with E-state index in [4.69, 9.17) is 4.74 Å². The Bertz CT molecular complexity index is 566. The van der Waals surface area contributed by atoms with Crippen LogP contribution < -0.4 is 0 Å². The quantitative estimate of drug-likeness (QED) is 0.685. The van der Waals surface area contributed by atoms with E-state index >= 15 is 0 Å². The highest BCUT2D eigenvalue weighted by molar-refractivity contribution is 7.80. The predicted octanol–water partition coefficient (Wildman–Crippen LogP) is 2.48. The zero-order valence-corrected chi connectivity index (χ0v) is 10.5. The monoisotopic (exact) mass is 266 g/mol. The minimum atomic E-state index is -0.491. The summed E-state index contributed by atoms with van der Waals surface area (Å²) in [5.41, 5.74) is 0.857. The van der Waals surface area contributed by atoms with Gasteiger partial charge in [0.15, 0.2) is 10.9 Å². The molecule has 0 aliphatic rings. The second-order valence-corrected chi connectivity index (χ2v) is 3.88. The molecule has 94 valence electrons. The fourth-order valence-corrected chi connectivity index (χ4v) is 1.82. The molecule has 1 heterocycles. The van der Waals surface area contributed by atoms with E-state index in [1.165, 1.54) is 22.9 Å². The van der Waals surface area contributed by atoms with Crippen LogP contribution >= 0.6 is 12.6 Å². The van der Waals surface area contributed by atoms with Gasteiger partial charge in [0.05, 0.1) is 12.8 Å². The highest BCUT2D eigenvalue weighted by atomic mass is 32.1. The molecule has 0 unspecified atom stereocenters. The summed E-state index contributed by atoms with van der Waals surface area (Å²) in [5, 5.41) is 0.338. The van der Waals surface area contributed by atoms with E-state index in [-0.39, 0.29) is 18.1 Å². The minimum Gasteiger partial charge on any atom is -0.461 e. The van der Waals surface area contributed by atoms with E-state index in [1.54, 1.807) is 19.1 Å². The Morgan fingerprint density at radius 1 is 1.44 bits per heavy atom. The molecule has 6 heteroatoms. The molecule has 2 rings (SSSR count). The molecule has 2 aromatic rings. The lowest BCUT2D eigenvalue weighted by molar-refractivity contribution is 0.0516. The van der Waals surface area contributed by atoms with Crippen molar-refractivity contribution >= 4 is 18.6 Å². The summed E-state index contributed by atoms with van der Waals surface area (Å²) >= 11 is 4.17. The van der Waals surface area contributed by atoms with Crippen LogP contribution in [0.25, 0.3) is 5.69 Å². The largest absolute Gasteiger partial charge is 0.461 e. The Morgan fingerprint density at radius 2 is 2.11 bits per heavy atom. The van der Waals surface area contributed by atoms with E-state index in [9.17, 15) is 9.18 Å². The number of hydrogen-bond acceptors (Lipinski definition) is 4. The third kappa shape index (κ3) is 2.38. The maximum absolute atomic E-state index is 12.9. The van der Waals surface area contributed by atoms with Gasteiger partial charge in [0.25, 0.3) is 0 Å². The molecule has 0 fully saturated rings. The van der Waals surface area contributed by atoms with Crippen LogP contribution in [-0.4, -0.2) is 22.1 Å². The summed E-state index contributed by atoms with van der Waals surface area (Å²) < 4.78 is 19.3. The normalized spacial score (nSPS) is 10.4. The van der Waals surface area contributed by atoms with Gasteiger partial charge < -0.3 is 4.74 Å². The molecule has 4 nitrogen and oxygen atoms in total. The number of ether oxygens (including phenoxy) is 1. The van der Waals surface area contributed by atoms with Gasteiger partial charge in [0, 0.05) is 5.69 Å². The molecule has 0 N–H and O–H groups in total. The van der Waals surface area contributed by atoms with Crippen molar-refractivity contribution in [3.05, 3.63) is 42.0 Å². The fraction of sp³-hybridized carbons (Fsp3) is 0.167. The smallest absolute Gasteiger partial charge is 0.357 e. The molecule has 0 aliphatic carbocycles. The lowest BCUT2D eigenvalue weighted by Crippen LogP contribution is -2.11. The van der Waals surface area contributed by atoms with Gasteiger partial charge in [-0.3, -0.25) is 4.57 Å². The molecule has 0 bridgehead atoms. The van der Waals surface area contributed by atoms with Gasteiger partial charge in [-0.2, -0.15) is 0 Å². The van der Waals surface area contributed by atoms with Crippen molar-refractivity contribution in [1.82, 2.24) is 9.55 Å². The van der Waals surface area contributed by atoms with Crippen LogP contribution in [0.1, 0.15) is 17.4 Å². The number of aromatic nitrogens is 2. The summed E-state index contributed by atoms with van der Waals surface area (Å²) in [5.74, 6) is -0.841. The van der Waals surface area contributed by atoms with Gasteiger partial charge in [-0.25, -0.2) is 14.2 Å². The van der Waals surface area contributed by atoms with Crippen LogP contribution in [0, 0.1) is 5.82 Å². The van der Waals surface area contributed by atoms with Crippen LogP contribution in [-0.2, 0) is 4.74 Å². The molecular formula is C12H11FN2O2S. The van der Waals surface area contributed by atoms with Gasteiger partial charge >= 0.3 is 5.97 Å². The zero-order valence-electron chi connectivity index (χ0n) is 9.63. The van der Waals surface area contributed by atoms with E-state index in [0.29, 0.717) is 10.8 Å². The van der Waals surface area contributed by atoms with E-state index in [1.807, 2.05) is 0 Å². The number of carbonyl (C=O) groups excluding carboxylic acids is 1. The first-order valence-corrected chi connectivity index (χ1v) is 5.78. The van der Waals surface area contributed by atoms with Crippen molar-refractivity contribution in [3.8, 4) is 5.69 Å². The van der Waals surface area contributed by atoms with Gasteiger partial charge in [-0.15, -0.1) is 12.6 Å². The molecule has 0 atom stereocenters. The molecule has 0 saturated carbocycles. The highest BCUT2D eigenvalue weighted by Gasteiger charge is 2.17. The Kier molecular flexibility index (Phi) is 3.66. The number of benzene rings is 1. The van der Waals surface area contributed by atoms with E-state index in [0.717, 1.165) is 0 Å². The van der Waals surface area contributed by atoms with Crippen molar-refractivity contribution < 1.29 is 13.9 Å². The predicted molar refractivity (Wildman–Crippen MR) is 66.7 cm³/mol. The van der Waals surface area contributed by atoms with Crippen molar-refractivity contribution in [3.63, 3.8) is 0 Å². The van der Waals surface area contributed by atoms with Gasteiger partial charge in [0.1, 0.15) is 5.82 Å². The Balaban J connectivity index is 2.46. The summed E-state index contributed by atoms with van der Waals surface area (Å²) in [6.07, 6.45) is 1.38. The lowest BCUT2D eigenvalue weighted by Gasteiger charge is -2.08. The first kappa shape index (κ1) is 12.6. The van der Waals surface area contributed by atoms with Crippen molar-refractivity contribution in [2.45, 2.75) is 12.1 Å². The van der Waals surface area contributed by atoms with Crippen molar-refractivity contribution in [1.29, 1.82) is 0 Å². The molecule has 0 saturated heterocycles. The third-order valence-electron chi connectivity index (χ3n) is 2.31. The number of nitrogens with zero attached hydrogens (tertiary/aromatic N) is 2. The average Bonchev–Trinajstić information content (AvgIpc) is 2.73. The van der Waals surface area contributed by atoms with Gasteiger partial charge in [0.2, 0.25) is 0 Å². The number of rotatable bonds is 3. The Labute approximate surface area is 109 Å². The SMILES string of the molecule is CCOC(=O)c1cnc(S)n1-c1ccc(F)cc1. The molecule has 0 spiro atoms. The number of imidazole rings is 1. The molecule has 1 aromatic carbocycles. The zero-order chi connectivity index (χ0) is 13.1. The average molecular weight is 266 g/mol. The summed E-state index contributed by atoms with van der Waals surface area (Å²) in [4.78, 5) is 15.7.